The van der Waals surface area contributed by atoms with Crippen LogP contribution in [0, 0.1) is 16.3 Å². The summed E-state index contributed by atoms with van der Waals surface area (Å²) in [5.41, 5.74) is 0.469. The lowest BCUT2D eigenvalue weighted by Crippen LogP contribution is -2.29. The van der Waals surface area contributed by atoms with E-state index < -0.39 is 20.6 Å². The molecular formula is C17H19FIN3O3S. The molecule has 1 aliphatic carbocycles. The van der Waals surface area contributed by atoms with E-state index in [9.17, 15) is 17.6 Å². The number of hydrogen-bond donors (Lipinski definition) is 2. The summed E-state index contributed by atoms with van der Waals surface area (Å²) < 4.78 is 43.2. The molecule has 9 heteroatoms. The number of aryl methyl sites for hydroxylation is 1. The highest BCUT2D eigenvalue weighted by Crippen LogP contribution is 2.44. The Balaban J connectivity index is 2.08. The molecule has 1 fully saturated rings. The number of hydrogen-bond acceptors (Lipinski definition) is 4. The van der Waals surface area contributed by atoms with Gasteiger partial charge in [0.2, 0.25) is 10.0 Å². The summed E-state index contributed by atoms with van der Waals surface area (Å²) in [4.78, 5) is 12.3. The second-order valence-electron chi connectivity index (χ2n) is 6.76. The van der Waals surface area contributed by atoms with E-state index in [1.165, 1.54) is 23.7 Å². The van der Waals surface area contributed by atoms with Crippen molar-refractivity contribution in [2.75, 3.05) is 10.0 Å². The zero-order valence-corrected chi connectivity index (χ0v) is 17.5. The number of anilines is 3. The van der Waals surface area contributed by atoms with Gasteiger partial charge in [-0.15, -0.1) is 0 Å². The zero-order chi connectivity index (χ0) is 19.3. The van der Waals surface area contributed by atoms with Gasteiger partial charge >= 0.3 is 0 Å². The molecule has 0 saturated heterocycles. The molecular weight excluding hydrogens is 472 g/mol. The molecule has 1 aromatic carbocycles. The van der Waals surface area contributed by atoms with Crippen molar-refractivity contribution < 1.29 is 12.8 Å². The first kappa shape index (κ1) is 19.2. The van der Waals surface area contributed by atoms with Gasteiger partial charge < -0.3 is 5.32 Å². The highest BCUT2D eigenvalue weighted by Gasteiger charge is 2.50. The molecule has 6 nitrogen and oxygen atoms in total. The maximum Gasteiger partial charge on any atom is 0.254 e. The lowest BCUT2D eigenvalue weighted by molar-refractivity contribution is 0.587. The van der Waals surface area contributed by atoms with Crippen molar-refractivity contribution in [1.29, 1.82) is 0 Å². The van der Waals surface area contributed by atoms with Crippen molar-refractivity contribution in [3.05, 3.63) is 49.6 Å². The molecule has 3 rings (SSSR count). The van der Waals surface area contributed by atoms with Crippen molar-refractivity contribution in [2.45, 2.75) is 31.4 Å². The van der Waals surface area contributed by atoms with Crippen molar-refractivity contribution in [2.24, 2.45) is 7.05 Å². The van der Waals surface area contributed by atoms with Crippen LogP contribution in [0.5, 0.6) is 0 Å². The summed E-state index contributed by atoms with van der Waals surface area (Å²) in [5.74, 6) is -0.304. The van der Waals surface area contributed by atoms with E-state index >= 15 is 0 Å². The molecule has 140 valence electrons. The lowest BCUT2D eigenvalue weighted by Gasteiger charge is -2.20. The minimum atomic E-state index is -3.62. The van der Waals surface area contributed by atoms with Gasteiger partial charge in [0.25, 0.3) is 5.56 Å². The number of pyridine rings is 1. The third-order valence-corrected chi connectivity index (χ3v) is 7.49. The molecule has 2 N–H and O–H groups in total. The van der Waals surface area contributed by atoms with Crippen molar-refractivity contribution in [3.8, 4) is 0 Å². The van der Waals surface area contributed by atoms with Gasteiger partial charge in [0.15, 0.2) is 0 Å². The second kappa shape index (κ2) is 6.52. The molecule has 26 heavy (non-hydrogen) atoms. The number of halogens is 2. The average molecular weight is 491 g/mol. The lowest BCUT2D eigenvalue weighted by atomic mass is 10.2. The van der Waals surface area contributed by atoms with Crippen molar-refractivity contribution >= 4 is 49.8 Å². The Labute approximate surface area is 165 Å². The summed E-state index contributed by atoms with van der Waals surface area (Å²) in [5, 5.41) is 2.86. The van der Waals surface area contributed by atoms with E-state index in [2.05, 4.69) is 10.0 Å². The molecule has 0 unspecified atom stereocenters. The summed E-state index contributed by atoms with van der Waals surface area (Å²) in [6.07, 6.45) is 1.17. The van der Waals surface area contributed by atoms with E-state index in [1.807, 2.05) is 22.6 Å². The number of rotatable bonds is 5. The van der Waals surface area contributed by atoms with Crippen LogP contribution in [-0.4, -0.2) is 17.7 Å². The molecule has 0 amide bonds. The minimum absolute atomic E-state index is 0.155. The van der Waals surface area contributed by atoms with E-state index in [-0.39, 0.29) is 22.8 Å². The normalized spacial score (nSPS) is 15.6. The van der Waals surface area contributed by atoms with Gasteiger partial charge in [0.05, 0.1) is 16.1 Å². The second-order valence-corrected chi connectivity index (χ2v) is 10.2. The van der Waals surface area contributed by atoms with Gasteiger partial charge in [-0.25, -0.2) is 12.8 Å². The fourth-order valence-electron chi connectivity index (χ4n) is 2.55. The van der Waals surface area contributed by atoms with Crippen LogP contribution in [0.25, 0.3) is 0 Å². The number of benzene rings is 1. The van der Waals surface area contributed by atoms with E-state index in [1.54, 1.807) is 26.0 Å². The number of nitrogens with one attached hydrogen (secondary N) is 2. The molecule has 1 saturated carbocycles. The fraction of sp³-hybridized carbons (Fsp3) is 0.353. The number of aromatic nitrogens is 1. The summed E-state index contributed by atoms with van der Waals surface area (Å²) in [6, 6.07) is 6.08. The maximum atomic E-state index is 14.2. The van der Waals surface area contributed by atoms with Crippen LogP contribution < -0.4 is 15.6 Å². The summed E-state index contributed by atoms with van der Waals surface area (Å²) >= 11 is 2.00. The van der Waals surface area contributed by atoms with Gasteiger partial charge in [-0.3, -0.25) is 14.1 Å². The Morgan fingerprint density at radius 3 is 2.46 bits per heavy atom. The molecule has 2 aromatic rings. The fourth-order valence-corrected chi connectivity index (χ4v) is 4.34. The molecule has 0 aliphatic heterocycles. The Hall–Kier alpha value is -1.62. The molecule has 0 atom stereocenters. The number of sulfonamides is 1. The topological polar surface area (TPSA) is 80.2 Å². The van der Waals surface area contributed by atoms with Gasteiger partial charge in [-0.1, -0.05) is 0 Å². The van der Waals surface area contributed by atoms with E-state index in [4.69, 9.17) is 0 Å². The highest BCUT2D eigenvalue weighted by atomic mass is 127. The third-order valence-electron chi connectivity index (χ3n) is 4.62. The standard InChI is InChI=1S/C17H19FIN3O3S/c1-10-8-14(21-26(24,25)17(2)6-7-17)15(22(3)16(10)23)20-13-5-4-11(19)9-12(13)18/h4-5,8-9,20-21H,6-7H2,1-3H3. The van der Waals surface area contributed by atoms with Crippen LogP contribution in [0.3, 0.4) is 0 Å². The Morgan fingerprint density at radius 1 is 1.23 bits per heavy atom. The summed E-state index contributed by atoms with van der Waals surface area (Å²) in [7, 11) is -2.11. The first-order valence-corrected chi connectivity index (χ1v) is 10.6. The Morgan fingerprint density at radius 2 is 1.88 bits per heavy atom. The number of nitrogens with zero attached hydrogens (tertiary/aromatic N) is 1. The van der Waals surface area contributed by atoms with Crippen LogP contribution in [0.4, 0.5) is 21.6 Å². The van der Waals surface area contributed by atoms with Gasteiger partial charge in [-0.05, 0) is 73.5 Å². The van der Waals surface area contributed by atoms with Crippen molar-refractivity contribution in [1.82, 2.24) is 4.57 Å². The molecule has 1 aromatic heterocycles. The van der Waals surface area contributed by atoms with E-state index in [0.717, 1.165) is 3.57 Å². The Bertz CT molecular complexity index is 1050. The van der Waals surface area contributed by atoms with E-state index in [0.29, 0.717) is 18.4 Å². The predicted molar refractivity (Wildman–Crippen MR) is 109 cm³/mol. The largest absolute Gasteiger partial charge is 0.337 e. The van der Waals surface area contributed by atoms with Crippen LogP contribution in [0.15, 0.2) is 29.1 Å². The first-order valence-electron chi connectivity index (χ1n) is 7.99. The smallest absolute Gasteiger partial charge is 0.254 e. The van der Waals surface area contributed by atoms with Crippen LogP contribution >= 0.6 is 22.6 Å². The van der Waals surface area contributed by atoms with Crippen LogP contribution in [0.1, 0.15) is 25.3 Å². The zero-order valence-electron chi connectivity index (χ0n) is 14.6. The molecule has 0 bridgehead atoms. The molecule has 0 radical (unpaired) electrons. The Kier molecular flexibility index (Phi) is 4.80. The highest BCUT2D eigenvalue weighted by molar-refractivity contribution is 14.1. The maximum absolute atomic E-state index is 14.2. The van der Waals surface area contributed by atoms with Crippen molar-refractivity contribution in [3.63, 3.8) is 0 Å². The molecule has 0 spiro atoms. The summed E-state index contributed by atoms with van der Waals surface area (Å²) in [6.45, 7) is 3.28. The van der Waals surface area contributed by atoms with Crippen LogP contribution in [0.2, 0.25) is 0 Å². The van der Waals surface area contributed by atoms with Gasteiger partial charge in [-0.2, -0.15) is 0 Å². The van der Waals surface area contributed by atoms with Crippen LogP contribution in [-0.2, 0) is 17.1 Å². The third kappa shape index (κ3) is 3.46. The molecule has 1 heterocycles. The SMILES string of the molecule is Cc1cc(NS(=O)(=O)C2(C)CC2)c(Nc2ccc(I)cc2F)n(C)c1=O. The first-order chi connectivity index (χ1) is 12.0. The quantitative estimate of drug-likeness (QED) is 0.628. The predicted octanol–water partition coefficient (Wildman–Crippen LogP) is 3.48. The average Bonchev–Trinajstić information content (AvgIpc) is 3.30. The minimum Gasteiger partial charge on any atom is -0.337 e. The monoisotopic (exact) mass is 491 g/mol. The van der Waals surface area contributed by atoms with Gasteiger partial charge in [0.1, 0.15) is 11.6 Å². The van der Waals surface area contributed by atoms with Gasteiger partial charge in [0, 0.05) is 16.2 Å². The molecule has 1 aliphatic rings.